The predicted octanol–water partition coefficient (Wildman–Crippen LogP) is 2.98. The summed E-state index contributed by atoms with van der Waals surface area (Å²) in [6.07, 6.45) is 3.32. The molecule has 0 aliphatic heterocycles. The largest absolute Gasteiger partial charge is 0.237 e. The van der Waals surface area contributed by atoms with Crippen molar-refractivity contribution in [3.8, 4) is 0 Å². The average molecular weight is 194 g/mol. The van der Waals surface area contributed by atoms with Gasteiger partial charge in [0.2, 0.25) is 0 Å². The minimum Gasteiger partial charge on any atom is -0.237 e. The molecular formula is C12H18O2. The van der Waals surface area contributed by atoms with Crippen molar-refractivity contribution in [3.05, 3.63) is 35.9 Å². The van der Waals surface area contributed by atoms with Gasteiger partial charge in [-0.2, -0.15) is 0 Å². The van der Waals surface area contributed by atoms with Crippen LogP contribution in [0.2, 0.25) is 0 Å². The molecule has 14 heavy (non-hydrogen) atoms. The molecule has 0 amide bonds. The zero-order valence-electron chi connectivity index (χ0n) is 8.74. The van der Waals surface area contributed by atoms with E-state index in [-0.39, 0.29) is 0 Å². The van der Waals surface area contributed by atoms with Crippen LogP contribution < -0.4 is 0 Å². The molecule has 1 aromatic carbocycles. The third-order valence-electron chi connectivity index (χ3n) is 1.99. The highest BCUT2D eigenvalue weighted by atomic mass is 17.2. The van der Waals surface area contributed by atoms with Gasteiger partial charge < -0.3 is 0 Å². The van der Waals surface area contributed by atoms with Gasteiger partial charge in [-0.3, -0.25) is 0 Å². The van der Waals surface area contributed by atoms with E-state index in [9.17, 15) is 0 Å². The number of benzene rings is 1. The fourth-order valence-corrected chi connectivity index (χ4v) is 1.28. The minimum absolute atomic E-state index is 0.624. The fourth-order valence-electron chi connectivity index (χ4n) is 1.28. The second-order valence-electron chi connectivity index (χ2n) is 3.17. The Morgan fingerprint density at radius 2 is 1.79 bits per heavy atom. The Balaban J connectivity index is 1.99. The van der Waals surface area contributed by atoms with Crippen LogP contribution in [-0.2, 0) is 16.2 Å². The van der Waals surface area contributed by atoms with E-state index in [0.29, 0.717) is 13.2 Å². The van der Waals surface area contributed by atoms with Crippen LogP contribution in [0.3, 0.4) is 0 Å². The van der Waals surface area contributed by atoms with E-state index >= 15 is 0 Å². The van der Waals surface area contributed by atoms with Crippen molar-refractivity contribution < 1.29 is 9.78 Å². The molecule has 1 rings (SSSR count). The van der Waals surface area contributed by atoms with Gasteiger partial charge in [-0.15, -0.1) is 0 Å². The zero-order chi connectivity index (χ0) is 10.1. The predicted molar refractivity (Wildman–Crippen MR) is 57.0 cm³/mol. The van der Waals surface area contributed by atoms with Crippen molar-refractivity contribution in [3.63, 3.8) is 0 Å². The van der Waals surface area contributed by atoms with Gasteiger partial charge in [-0.1, -0.05) is 30.3 Å². The lowest BCUT2D eigenvalue weighted by molar-refractivity contribution is -0.291. The lowest BCUT2D eigenvalue weighted by Gasteiger charge is -2.02. The summed E-state index contributed by atoms with van der Waals surface area (Å²) in [4.78, 5) is 9.71. The first-order chi connectivity index (χ1) is 6.93. The highest BCUT2D eigenvalue weighted by molar-refractivity contribution is 5.14. The Morgan fingerprint density at radius 3 is 2.50 bits per heavy atom. The Kier molecular flexibility index (Phi) is 6.04. The molecule has 0 radical (unpaired) electrons. The van der Waals surface area contributed by atoms with Crippen LogP contribution in [0.5, 0.6) is 0 Å². The van der Waals surface area contributed by atoms with Crippen LogP contribution in [0.25, 0.3) is 0 Å². The van der Waals surface area contributed by atoms with Crippen molar-refractivity contribution >= 4 is 0 Å². The van der Waals surface area contributed by atoms with Gasteiger partial charge in [-0.05, 0) is 31.7 Å². The number of unbranched alkanes of at least 4 members (excludes halogenated alkanes) is 1. The summed E-state index contributed by atoms with van der Waals surface area (Å²) in [5, 5.41) is 0. The molecule has 0 saturated carbocycles. The number of aryl methyl sites for hydroxylation is 1. The first-order valence-corrected chi connectivity index (χ1v) is 5.22. The van der Waals surface area contributed by atoms with E-state index in [0.717, 1.165) is 19.3 Å². The first-order valence-electron chi connectivity index (χ1n) is 5.22. The molecule has 0 aliphatic rings. The third kappa shape index (κ3) is 5.00. The number of hydrogen-bond donors (Lipinski definition) is 0. The molecule has 2 heteroatoms. The van der Waals surface area contributed by atoms with Gasteiger partial charge >= 0.3 is 0 Å². The summed E-state index contributed by atoms with van der Waals surface area (Å²) in [5.41, 5.74) is 1.39. The summed E-state index contributed by atoms with van der Waals surface area (Å²) in [5.74, 6) is 0. The van der Waals surface area contributed by atoms with Gasteiger partial charge in [0.15, 0.2) is 0 Å². The molecule has 0 aromatic heterocycles. The summed E-state index contributed by atoms with van der Waals surface area (Å²) >= 11 is 0. The van der Waals surface area contributed by atoms with Gasteiger partial charge in [0.25, 0.3) is 0 Å². The first kappa shape index (κ1) is 11.2. The van der Waals surface area contributed by atoms with Crippen LogP contribution in [0.1, 0.15) is 25.3 Å². The van der Waals surface area contributed by atoms with E-state index in [2.05, 4.69) is 24.3 Å². The van der Waals surface area contributed by atoms with E-state index in [1.165, 1.54) is 5.56 Å². The Hall–Kier alpha value is -0.860. The fraction of sp³-hybridized carbons (Fsp3) is 0.500. The van der Waals surface area contributed by atoms with Crippen molar-refractivity contribution in [2.24, 2.45) is 0 Å². The second kappa shape index (κ2) is 7.54. The van der Waals surface area contributed by atoms with Crippen LogP contribution >= 0.6 is 0 Å². The third-order valence-corrected chi connectivity index (χ3v) is 1.99. The van der Waals surface area contributed by atoms with Crippen LogP contribution in [0.15, 0.2) is 30.3 Å². The maximum Gasteiger partial charge on any atom is 0.0822 e. The Morgan fingerprint density at radius 1 is 1.00 bits per heavy atom. The summed E-state index contributed by atoms with van der Waals surface area (Å²) in [6.45, 7) is 3.24. The summed E-state index contributed by atoms with van der Waals surface area (Å²) in [6, 6.07) is 10.5. The van der Waals surface area contributed by atoms with Gasteiger partial charge in [-0.25, -0.2) is 9.78 Å². The minimum atomic E-state index is 0.624. The van der Waals surface area contributed by atoms with Gasteiger partial charge in [0.1, 0.15) is 0 Å². The van der Waals surface area contributed by atoms with Crippen LogP contribution in [-0.4, -0.2) is 13.2 Å². The van der Waals surface area contributed by atoms with Crippen molar-refractivity contribution in [2.75, 3.05) is 13.2 Å². The van der Waals surface area contributed by atoms with E-state index in [1.54, 1.807) is 0 Å². The van der Waals surface area contributed by atoms with E-state index < -0.39 is 0 Å². The molecule has 0 atom stereocenters. The molecule has 0 heterocycles. The Labute approximate surface area is 85.8 Å². The normalized spacial score (nSPS) is 10.4. The summed E-state index contributed by atoms with van der Waals surface area (Å²) in [7, 11) is 0. The smallest absolute Gasteiger partial charge is 0.0822 e. The molecule has 0 spiro atoms. The van der Waals surface area contributed by atoms with E-state index in [4.69, 9.17) is 9.78 Å². The molecule has 0 bridgehead atoms. The molecule has 0 saturated heterocycles. The molecular weight excluding hydrogens is 176 g/mol. The quantitative estimate of drug-likeness (QED) is 0.377. The standard InChI is InChI=1S/C12H18O2/c1-2-13-14-11-7-6-10-12-8-4-3-5-9-12/h3-5,8-9H,2,6-7,10-11H2,1H3. The monoisotopic (exact) mass is 194 g/mol. The van der Waals surface area contributed by atoms with Crippen molar-refractivity contribution in [1.82, 2.24) is 0 Å². The lowest BCUT2D eigenvalue weighted by atomic mass is 10.1. The number of hydrogen-bond acceptors (Lipinski definition) is 2. The highest BCUT2D eigenvalue weighted by Gasteiger charge is 1.92. The van der Waals surface area contributed by atoms with Gasteiger partial charge in [0.05, 0.1) is 13.2 Å². The zero-order valence-corrected chi connectivity index (χ0v) is 8.74. The lowest BCUT2D eigenvalue weighted by Crippen LogP contribution is -1.96. The van der Waals surface area contributed by atoms with Gasteiger partial charge in [0, 0.05) is 0 Å². The molecule has 78 valence electrons. The summed E-state index contributed by atoms with van der Waals surface area (Å²) < 4.78 is 0. The van der Waals surface area contributed by atoms with Crippen LogP contribution in [0, 0.1) is 0 Å². The molecule has 0 unspecified atom stereocenters. The van der Waals surface area contributed by atoms with Crippen LogP contribution in [0.4, 0.5) is 0 Å². The molecule has 0 aliphatic carbocycles. The van der Waals surface area contributed by atoms with Crippen molar-refractivity contribution in [2.45, 2.75) is 26.2 Å². The van der Waals surface area contributed by atoms with Crippen molar-refractivity contribution in [1.29, 1.82) is 0 Å². The Bertz CT molecular complexity index is 221. The second-order valence-corrected chi connectivity index (χ2v) is 3.17. The average Bonchev–Trinajstić information content (AvgIpc) is 2.25. The molecule has 0 fully saturated rings. The maximum atomic E-state index is 4.92. The van der Waals surface area contributed by atoms with E-state index in [1.807, 2.05) is 13.0 Å². The molecule has 1 aromatic rings. The topological polar surface area (TPSA) is 18.5 Å². The number of rotatable bonds is 7. The SMILES string of the molecule is CCOOCCCCc1ccccc1. The molecule has 0 N–H and O–H groups in total. The maximum absolute atomic E-state index is 4.92. The molecule has 2 nitrogen and oxygen atoms in total. The highest BCUT2D eigenvalue weighted by Crippen LogP contribution is 2.04.